The van der Waals surface area contributed by atoms with Gasteiger partial charge in [-0.2, -0.15) is 0 Å². The lowest BCUT2D eigenvalue weighted by atomic mass is 9.49. The summed E-state index contributed by atoms with van der Waals surface area (Å²) in [5, 5.41) is 2.36. The third kappa shape index (κ3) is 4.89. The molecular formula is C55H52N4O. The number of rotatable bonds is 3. The molecule has 3 aliphatic rings. The van der Waals surface area contributed by atoms with Crippen molar-refractivity contribution in [3.8, 4) is 17.3 Å². The standard InChI is InChI=1S/C55H52N4O/c1-52(2,3)39-18-14-20-41-49(39)55(50-40(53(4,5)6)19-15-21-42(50)54(41,7)8)38-29-27-35(32-47(38)58-33-57(9)45-24-16-22-43(55)51(45)58)60-34-26-28-37-36-17-10-11-23-44(36)59(46(37)31-34)48-25-12-13-30-56-48/h10-32H,33H2,1-9H3. The molecule has 0 amide bonds. The van der Waals surface area contributed by atoms with Crippen LogP contribution in [0.3, 0.4) is 0 Å². The van der Waals surface area contributed by atoms with Gasteiger partial charge in [0.15, 0.2) is 0 Å². The molecule has 2 aromatic heterocycles. The molecule has 6 aromatic carbocycles. The molecule has 1 spiro atoms. The Balaban J connectivity index is 1.20. The Morgan fingerprint density at radius 3 is 1.87 bits per heavy atom. The highest BCUT2D eigenvalue weighted by molar-refractivity contribution is 6.09. The average Bonchev–Trinajstić information content (AvgIpc) is 3.75. The van der Waals surface area contributed by atoms with Crippen LogP contribution in [-0.2, 0) is 21.7 Å². The lowest BCUT2D eigenvalue weighted by Crippen LogP contribution is -2.48. The smallest absolute Gasteiger partial charge is 0.137 e. The zero-order valence-corrected chi connectivity index (χ0v) is 36.2. The summed E-state index contributed by atoms with van der Waals surface area (Å²) in [7, 11) is 2.23. The Labute approximate surface area is 353 Å². The molecule has 0 fully saturated rings. The molecule has 4 heterocycles. The van der Waals surface area contributed by atoms with Gasteiger partial charge in [0.2, 0.25) is 0 Å². The lowest BCUT2D eigenvalue weighted by Gasteiger charge is -2.54. The van der Waals surface area contributed by atoms with Crippen LogP contribution >= 0.6 is 0 Å². The Hall–Kier alpha value is -6.33. The number of ether oxygens (including phenoxy) is 1. The van der Waals surface area contributed by atoms with Crippen molar-refractivity contribution >= 4 is 38.9 Å². The second kappa shape index (κ2) is 12.4. The van der Waals surface area contributed by atoms with Crippen molar-refractivity contribution in [1.29, 1.82) is 0 Å². The summed E-state index contributed by atoms with van der Waals surface area (Å²) in [6.07, 6.45) is 1.86. The third-order valence-electron chi connectivity index (χ3n) is 13.7. The minimum absolute atomic E-state index is 0.117. The number of benzene rings is 6. The first-order chi connectivity index (χ1) is 28.7. The number of para-hydroxylation sites is 2. The molecule has 0 bridgehead atoms. The molecule has 0 atom stereocenters. The van der Waals surface area contributed by atoms with Crippen molar-refractivity contribution in [2.45, 2.75) is 77.0 Å². The van der Waals surface area contributed by atoms with E-state index in [1.54, 1.807) is 0 Å². The molecule has 0 unspecified atom stereocenters. The van der Waals surface area contributed by atoms with Crippen LogP contribution < -0.4 is 14.5 Å². The fraction of sp³-hybridized carbons (Fsp3) is 0.255. The van der Waals surface area contributed by atoms with Crippen LogP contribution in [0.1, 0.15) is 99.9 Å². The number of fused-ring (bicyclic) bond motifs is 11. The summed E-state index contributed by atoms with van der Waals surface area (Å²) in [4.78, 5) is 9.71. The zero-order valence-electron chi connectivity index (χ0n) is 36.2. The van der Waals surface area contributed by atoms with Crippen LogP contribution in [-0.4, -0.2) is 23.3 Å². The minimum Gasteiger partial charge on any atom is -0.457 e. The molecule has 2 aliphatic heterocycles. The number of aromatic nitrogens is 2. The van der Waals surface area contributed by atoms with Gasteiger partial charge in [-0.3, -0.25) is 4.57 Å². The van der Waals surface area contributed by atoms with E-state index >= 15 is 0 Å². The lowest BCUT2D eigenvalue weighted by molar-refractivity contribution is 0.480. The average molecular weight is 785 g/mol. The van der Waals surface area contributed by atoms with Gasteiger partial charge in [0.25, 0.3) is 0 Å². The van der Waals surface area contributed by atoms with Crippen molar-refractivity contribution in [3.63, 3.8) is 0 Å². The van der Waals surface area contributed by atoms with Crippen molar-refractivity contribution in [3.05, 3.63) is 184 Å². The SMILES string of the molecule is CN1CN2c3cc(Oc4ccc5c6ccccc6n(-c6ccccn6)c5c4)ccc3C3(c4cccc1c42)c1c(C(C)(C)C)cccc1C(C)(C)c1cccc(C(C)(C)C)c13. The molecule has 1 aliphatic carbocycles. The fourth-order valence-electron chi connectivity index (χ4n) is 11.1. The quantitative estimate of drug-likeness (QED) is 0.179. The molecule has 11 rings (SSSR count). The molecule has 0 saturated carbocycles. The van der Waals surface area contributed by atoms with Gasteiger partial charge in [-0.25, -0.2) is 4.98 Å². The largest absolute Gasteiger partial charge is 0.457 e. The molecule has 5 nitrogen and oxygen atoms in total. The van der Waals surface area contributed by atoms with Crippen LogP contribution in [0.15, 0.2) is 140 Å². The van der Waals surface area contributed by atoms with Crippen molar-refractivity contribution in [1.82, 2.24) is 9.55 Å². The van der Waals surface area contributed by atoms with Crippen molar-refractivity contribution in [2.24, 2.45) is 0 Å². The van der Waals surface area contributed by atoms with E-state index in [-0.39, 0.29) is 16.2 Å². The van der Waals surface area contributed by atoms with Crippen LogP contribution in [0.25, 0.3) is 27.6 Å². The molecule has 0 N–H and O–H groups in total. The predicted octanol–water partition coefficient (Wildman–Crippen LogP) is 13.4. The number of anilines is 3. The van der Waals surface area contributed by atoms with Crippen LogP contribution in [0.2, 0.25) is 0 Å². The first kappa shape index (κ1) is 36.7. The van der Waals surface area contributed by atoms with Gasteiger partial charge < -0.3 is 14.5 Å². The highest BCUT2D eigenvalue weighted by Crippen LogP contribution is 2.66. The van der Waals surface area contributed by atoms with Gasteiger partial charge in [0.05, 0.1) is 40.2 Å². The maximum Gasteiger partial charge on any atom is 0.137 e. The van der Waals surface area contributed by atoms with Crippen LogP contribution in [0.5, 0.6) is 11.5 Å². The molecule has 8 aromatic rings. The summed E-state index contributed by atoms with van der Waals surface area (Å²) in [5.74, 6) is 2.48. The first-order valence-corrected chi connectivity index (χ1v) is 21.4. The summed E-state index contributed by atoms with van der Waals surface area (Å²) >= 11 is 0. The highest BCUT2D eigenvalue weighted by Gasteiger charge is 2.57. The molecule has 298 valence electrons. The maximum absolute atomic E-state index is 6.99. The summed E-state index contributed by atoms with van der Waals surface area (Å²) in [6.45, 7) is 19.9. The second-order valence-corrected chi connectivity index (χ2v) is 19.8. The Morgan fingerprint density at radius 1 is 0.567 bits per heavy atom. The Kier molecular flexibility index (Phi) is 7.56. The second-order valence-electron chi connectivity index (χ2n) is 19.8. The highest BCUT2D eigenvalue weighted by atomic mass is 16.5. The molecular weight excluding hydrogens is 733 g/mol. The van der Waals surface area contributed by atoms with Gasteiger partial charge in [-0.1, -0.05) is 134 Å². The van der Waals surface area contributed by atoms with E-state index in [1.165, 1.54) is 72.3 Å². The van der Waals surface area contributed by atoms with Crippen molar-refractivity contribution < 1.29 is 4.74 Å². The molecule has 0 saturated heterocycles. The number of pyridine rings is 1. The normalized spacial score (nSPS) is 15.9. The van der Waals surface area contributed by atoms with Gasteiger partial charge in [-0.05, 0) is 97.8 Å². The zero-order chi connectivity index (χ0) is 41.5. The number of hydrogen-bond acceptors (Lipinski definition) is 4. The summed E-state index contributed by atoms with van der Waals surface area (Å²) in [6, 6.07) is 49.3. The van der Waals surface area contributed by atoms with Gasteiger partial charge in [0.1, 0.15) is 17.3 Å². The Morgan fingerprint density at radius 2 is 1.18 bits per heavy atom. The van der Waals surface area contributed by atoms with E-state index in [9.17, 15) is 0 Å². The van der Waals surface area contributed by atoms with E-state index in [4.69, 9.17) is 9.72 Å². The van der Waals surface area contributed by atoms with Crippen LogP contribution in [0, 0.1) is 0 Å². The Bertz CT molecular complexity index is 3000. The van der Waals surface area contributed by atoms with Crippen LogP contribution in [0.4, 0.5) is 17.1 Å². The minimum atomic E-state index is -0.600. The van der Waals surface area contributed by atoms with E-state index in [0.29, 0.717) is 0 Å². The fourth-order valence-corrected chi connectivity index (χ4v) is 11.1. The van der Waals surface area contributed by atoms with Gasteiger partial charge in [-0.15, -0.1) is 0 Å². The third-order valence-corrected chi connectivity index (χ3v) is 13.7. The van der Waals surface area contributed by atoms with E-state index < -0.39 is 5.41 Å². The monoisotopic (exact) mass is 784 g/mol. The van der Waals surface area contributed by atoms with Gasteiger partial charge >= 0.3 is 0 Å². The van der Waals surface area contributed by atoms with Gasteiger partial charge in [0, 0.05) is 41.6 Å². The van der Waals surface area contributed by atoms with E-state index in [0.717, 1.165) is 35.0 Å². The first-order valence-electron chi connectivity index (χ1n) is 21.4. The van der Waals surface area contributed by atoms with E-state index in [2.05, 4.69) is 198 Å². The molecule has 0 radical (unpaired) electrons. The summed E-state index contributed by atoms with van der Waals surface area (Å²) < 4.78 is 9.24. The predicted molar refractivity (Wildman–Crippen MR) is 248 cm³/mol. The number of hydrogen-bond donors (Lipinski definition) is 0. The molecule has 60 heavy (non-hydrogen) atoms. The van der Waals surface area contributed by atoms with Crippen molar-refractivity contribution in [2.75, 3.05) is 23.5 Å². The molecule has 5 heteroatoms. The van der Waals surface area contributed by atoms with E-state index in [1.807, 2.05) is 18.3 Å². The maximum atomic E-state index is 6.99. The number of nitrogens with zero attached hydrogens (tertiary/aromatic N) is 4. The topological polar surface area (TPSA) is 33.5 Å². The summed E-state index contributed by atoms with van der Waals surface area (Å²) in [5.41, 5.74) is 15.9.